The quantitative estimate of drug-likeness (QED) is 0.807. The number of anilines is 1. The van der Waals surface area contributed by atoms with Crippen molar-refractivity contribution in [1.82, 2.24) is 10.6 Å². The lowest BCUT2D eigenvalue weighted by atomic mass is 10.1. The molecule has 3 heterocycles. The van der Waals surface area contributed by atoms with Crippen molar-refractivity contribution in [3.05, 3.63) is 53.5 Å². The molecule has 1 atom stereocenters. The maximum atomic E-state index is 12.7. The molecule has 0 spiro atoms. The van der Waals surface area contributed by atoms with E-state index in [-0.39, 0.29) is 36.8 Å². The zero-order valence-corrected chi connectivity index (χ0v) is 17.1. The number of para-hydroxylation sites is 1. The van der Waals surface area contributed by atoms with Crippen LogP contribution >= 0.6 is 24.8 Å². The average molecular weight is 412 g/mol. The lowest BCUT2D eigenvalue weighted by Crippen LogP contribution is -2.43. The van der Waals surface area contributed by atoms with E-state index in [2.05, 4.69) is 46.7 Å². The SMILES string of the molecule is CC1Cc2ccccc2N1Cc1ccoc1C(=O)NC1CCNCC1.Cl.Cl. The van der Waals surface area contributed by atoms with Crippen LogP contribution in [0.15, 0.2) is 41.0 Å². The van der Waals surface area contributed by atoms with Crippen molar-refractivity contribution in [2.75, 3.05) is 18.0 Å². The number of hydrogen-bond donors (Lipinski definition) is 2. The fraction of sp³-hybridized carbons (Fsp3) is 0.450. The molecule has 1 aromatic carbocycles. The van der Waals surface area contributed by atoms with Crippen molar-refractivity contribution >= 4 is 36.4 Å². The summed E-state index contributed by atoms with van der Waals surface area (Å²) in [4.78, 5) is 15.0. The maximum absolute atomic E-state index is 12.7. The number of nitrogens with zero attached hydrogens (tertiary/aromatic N) is 1. The summed E-state index contributed by atoms with van der Waals surface area (Å²) in [5.74, 6) is 0.363. The Kier molecular flexibility index (Phi) is 7.59. The van der Waals surface area contributed by atoms with Gasteiger partial charge in [0.15, 0.2) is 5.76 Å². The van der Waals surface area contributed by atoms with E-state index < -0.39 is 0 Å². The molecule has 2 N–H and O–H groups in total. The Balaban J connectivity index is 0.00000131. The number of benzene rings is 1. The molecule has 0 bridgehead atoms. The summed E-state index contributed by atoms with van der Waals surface area (Å²) in [6.07, 6.45) is 4.61. The van der Waals surface area contributed by atoms with Gasteiger partial charge in [-0.1, -0.05) is 18.2 Å². The van der Waals surface area contributed by atoms with Gasteiger partial charge in [-0.15, -0.1) is 24.8 Å². The highest BCUT2D eigenvalue weighted by Gasteiger charge is 2.28. The van der Waals surface area contributed by atoms with E-state index in [9.17, 15) is 4.79 Å². The molecule has 148 valence electrons. The fourth-order valence-electron chi connectivity index (χ4n) is 3.93. The van der Waals surface area contributed by atoms with Crippen LogP contribution in [0.5, 0.6) is 0 Å². The second kappa shape index (κ2) is 9.49. The third-order valence-corrected chi connectivity index (χ3v) is 5.32. The Labute approximate surface area is 172 Å². The number of carbonyl (C=O) groups excluding carboxylic acids is 1. The molecule has 0 radical (unpaired) electrons. The van der Waals surface area contributed by atoms with Crippen LogP contribution in [0.2, 0.25) is 0 Å². The summed E-state index contributed by atoms with van der Waals surface area (Å²) in [6.45, 7) is 4.84. The third kappa shape index (κ3) is 4.60. The first-order valence-electron chi connectivity index (χ1n) is 9.15. The molecule has 1 amide bonds. The van der Waals surface area contributed by atoms with Crippen LogP contribution in [0.4, 0.5) is 5.69 Å². The summed E-state index contributed by atoms with van der Waals surface area (Å²) in [6, 6.07) is 11.1. The monoisotopic (exact) mass is 411 g/mol. The zero-order valence-electron chi connectivity index (χ0n) is 15.4. The highest BCUT2D eigenvalue weighted by Crippen LogP contribution is 2.33. The molecule has 1 saturated heterocycles. The molecule has 2 aliphatic heterocycles. The van der Waals surface area contributed by atoms with Crippen LogP contribution in [0.3, 0.4) is 0 Å². The number of piperidine rings is 1. The lowest BCUT2D eigenvalue weighted by Gasteiger charge is -2.25. The predicted molar refractivity (Wildman–Crippen MR) is 112 cm³/mol. The largest absolute Gasteiger partial charge is 0.459 e. The summed E-state index contributed by atoms with van der Waals surface area (Å²) in [7, 11) is 0. The number of nitrogens with one attached hydrogen (secondary N) is 2. The summed E-state index contributed by atoms with van der Waals surface area (Å²) >= 11 is 0. The second-order valence-electron chi connectivity index (χ2n) is 7.08. The number of halogens is 2. The van der Waals surface area contributed by atoms with Crippen molar-refractivity contribution in [3.8, 4) is 0 Å². The summed E-state index contributed by atoms with van der Waals surface area (Å²) < 4.78 is 5.55. The molecule has 0 aliphatic carbocycles. The van der Waals surface area contributed by atoms with Gasteiger partial charge in [0.1, 0.15) is 0 Å². The molecule has 7 heteroatoms. The van der Waals surface area contributed by atoms with E-state index in [4.69, 9.17) is 4.42 Å². The molecule has 5 nitrogen and oxygen atoms in total. The highest BCUT2D eigenvalue weighted by atomic mass is 35.5. The minimum absolute atomic E-state index is 0. The number of hydrogen-bond acceptors (Lipinski definition) is 4. The van der Waals surface area contributed by atoms with E-state index in [0.717, 1.165) is 37.9 Å². The molecular weight excluding hydrogens is 385 g/mol. The molecule has 2 aliphatic rings. The van der Waals surface area contributed by atoms with E-state index in [1.807, 2.05) is 6.07 Å². The smallest absolute Gasteiger partial charge is 0.287 e. The molecule has 27 heavy (non-hydrogen) atoms. The first-order valence-corrected chi connectivity index (χ1v) is 9.15. The van der Waals surface area contributed by atoms with Crippen molar-refractivity contribution < 1.29 is 9.21 Å². The van der Waals surface area contributed by atoms with E-state index in [1.165, 1.54) is 11.3 Å². The predicted octanol–water partition coefficient (Wildman–Crippen LogP) is 3.56. The van der Waals surface area contributed by atoms with E-state index in [0.29, 0.717) is 18.3 Å². The van der Waals surface area contributed by atoms with Gasteiger partial charge in [-0.2, -0.15) is 0 Å². The average Bonchev–Trinajstić information content (AvgIpc) is 3.21. The van der Waals surface area contributed by atoms with E-state index >= 15 is 0 Å². The fourth-order valence-corrected chi connectivity index (χ4v) is 3.93. The standard InChI is InChI=1S/C20H25N3O2.2ClH/c1-14-12-15-4-2-3-5-18(15)23(14)13-16-8-11-25-19(16)20(24)22-17-6-9-21-10-7-17;;/h2-5,8,11,14,17,21H,6-7,9-10,12-13H2,1H3,(H,22,24);2*1H. The Morgan fingerprint density at radius 1 is 1.22 bits per heavy atom. The van der Waals surface area contributed by atoms with Gasteiger partial charge in [-0.25, -0.2) is 0 Å². The number of carbonyl (C=O) groups is 1. The van der Waals surface area contributed by atoms with Crippen molar-refractivity contribution in [1.29, 1.82) is 0 Å². The van der Waals surface area contributed by atoms with Crippen LogP contribution in [-0.2, 0) is 13.0 Å². The van der Waals surface area contributed by atoms with Gasteiger partial charge < -0.3 is 20.0 Å². The molecule has 1 unspecified atom stereocenters. The van der Waals surface area contributed by atoms with Crippen LogP contribution in [0.1, 0.15) is 41.4 Å². The summed E-state index contributed by atoms with van der Waals surface area (Å²) in [5, 5.41) is 6.44. The summed E-state index contributed by atoms with van der Waals surface area (Å²) in [5.41, 5.74) is 3.59. The van der Waals surface area contributed by atoms with Crippen LogP contribution < -0.4 is 15.5 Å². The number of amides is 1. The highest BCUT2D eigenvalue weighted by molar-refractivity contribution is 5.93. The van der Waals surface area contributed by atoms with Crippen molar-refractivity contribution in [2.24, 2.45) is 0 Å². The topological polar surface area (TPSA) is 57.5 Å². The zero-order chi connectivity index (χ0) is 17.2. The van der Waals surface area contributed by atoms with Crippen LogP contribution in [0, 0.1) is 0 Å². The van der Waals surface area contributed by atoms with Gasteiger partial charge in [0, 0.05) is 29.9 Å². The second-order valence-corrected chi connectivity index (χ2v) is 7.08. The Bertz CT molecular complexity index is 759. The van der Waals surface area contributed by atoms with Crippen molar-refractivity contribution in [3.63, 3.8) is 0 Å². The third-order valence-electron chi connectivity index (χ3n) is 5.32. The van der Waals surface area contributed by atoms with Gasteiger partial charge in [-0.05, 0) is 57.0 Å². The van der Waals surface area contributed by atoms with Crippen LogP contribution in [0.25, 0.3) is 0 Å². The Morgan fingerprint density at radius 3 is 2.74 bits per heavy atom. The van der Waals surface area contributed by atoms with Gasteiger partial charge in [0.2, 0.25) is 0 Å². The molecule has 0 saturated carbocycles. The first-order chi connectivity index (χ1) is 12.2. The van der Waals surface area contributed by atoms with Crippen molar-refractivity contribution in [2.45, 2.75) is 44.8 Å². The number of furan rings is 1. The molecule has 1 fully saturated rings. The molecule has 2 aromatic rings. The first kappa shape index (κ1) is 21.6. The Morgan fingerprint density at radius 2 is 1.96 bits per heavy atom. The van der Waals surface area contributed by atoms with Gasteiger partial charge >= 0.3 is 0 Å². The molecular formula is C20H27Cl2N3O2. The van der Waals surface area contributed by atoms with Crippen LogP contribution in [-0.4, -0.2) is 31.1 Å². The van der Waals surface area contributed by atoms with E-state index in [1.54, 1.807) is 6.26 Å². The minimum atomic E-state index is -0.0907. The van der Waals surface area contributed by atoms with Gasteiger partial charge in [-0.3, -0.25) is 4.79 Å². The number of rotatable bonds is 4. The maximum Gasteiger partial charge on any atom is 0.287 e. The van der Waals surface area contributed by atoms with Gasteiger partial charge in [0.05, 0.1) is 6.26 Å². The number of fused-ring (bicyclic) bond motifs is 1. The molecule has 4 rings (SSSR count). The molecule has 1 aromatic heterocycles. The minimum Gasteiger partial charge on any atom is -0.459 e. The lowest BCUT2D eigenvalue weighted by molar-refractivity contribution is 0.0900. The normalized spacial score (nSPS) is 19.0. The van der Waals surface area contributed by atoms with Gasteiger partial charge in [0.25, 0.3) is 5.91 Å². The Hall–Kier alpha value is -1.69.